The summed E-state index contributed by atoms with van der Waals surface area (Å²) in [6.45, 7) is 0. The van der Waals surface area contributed by atoms with Crippen LogP contribution in [0, 0.1) is 0 Å². The fourth-order valence-electron chi connectivity index (χ4n) is 7.07. The lowest BCUT2D eigenvalue weighted by Crippen LogP contribution is -2.00. The number of para-hydroxylation sites is 2. The van der Waals surface area contributed by atoms with E-state index < -0.39 is 0 Å². The smallest absolute Gasteiger partial charge is 0.170 e. The third-order valence-corrected chi connectivity index (χ3v) is 9.54. The van der Waals surface area contributed by atoms with E-state index in [4.69, 9.17) is 19.4 Å². The topological polar surface area (TPSA) is 44.2 Å². The first-order chi connectivity index (χ1) is 24.7. The molecule has 1 aliphatic heterocycles. The first-order valence-electron chi connectivity index (χ1n) is 16.7. The van der Waals surface area contributed by atoms with E-state index in [9.17, 15) is 0 Å². The molecule has 234 valence electrons. The van der Waals surface area contributed by atoms with Crippen molar-refractivity contribution in [1.82, 2.24) is 9.97 Å². The summed E-state index contributed by atoms with van der Waals surface area (Å²) in [4.78, 5) is 10.4. The number of hydrogen-bond acceptors (Lipinski definition) is 4. The van der Waals surface area contributed by atoms with Crippen molar-refractivity contribution >= 4 is 32.3 Å². The Morgan fingerprint density at radius 2 is 0.740 bits per heavy atom. The van der Waals surface area contributed by atoms with Gasteiger partial charge in [0.25, 0.3) is 0 Å². The van der Waals surface area contributed by atoms with E-state index in [-0.39, 0.29) is 0 Å². The number of ether oxygens (including phenoxy) is 2. The van der Waals surface area contributed by atoms with Crippen molar-refractivity contribution in [3.05, 3.63) is 170 Å². The zero-order chi connectivity index (χ0) is 33.0. The van der Waals surface area contributed by atoms with Crippen LogP contribution in [0.4, 0.5) is 0 Å². The Kier molecular flexibility index (Phi) is 6.46. The van der Waals surface area contributed by atoms with E-state index in [1.54, 1.807) is 0 Å². The molecule has 0 unspecified atom stereocenters. The first-order valence-corrected chi connectivity index (χ1v) is 16.7. The average molecular weight is 641 g/mol. The third-order valence-electron chi connectivity index (χ3n) is 9.54. The monoisotopic (exact) mass is 640 g/mol. The Bertz CT molecular complexity index is 2720. The molecule has 0 N–H and O–H groups in total. The Labute approximate surface area is 288 Å². The highest BCUT2D eigenvalue weighted by molar-refractivity contribution is 6.25. The van der Waals surface area contributed by atoms with Gasteiger partial charge in [0.15, 0.2) is 28.8 Å². The molecule has 8 aromatic carbocycles. The lowest BCUT2D eigenvalue weighted by atomic mass is 9.93. The van der Waals surface area contributed by atoms with Crippen LogP contribution in [-0.4, -0.2) is 9.97 Å². The molecular weight excluding hydrogens is 613 g/mol. The summed E-state index contributed by atoms with van der Waals surface area (Å²) in [5.41, 5.74) is 6.85. The van der Waals surface area contributed by atoms with Crippen molar-refractivity contribution in [2.75, 3.05) is 0 Å². The lowest BCUT2D eigenvalue weighted by molar-refractivity contribution is 0.360. The van der Waals surface area contributed by atoms with E-state index in [1.807, 2.05) is 48.5 Å². The number of fused-ring (bicyclic) bond motifs is 8. The highest BCUT2D eigenvalue weighted by Gasteiger charge is 2.20. The fourth-order valence-corrected chi connectivity index (χ4v) is 7.07. The fraction of sp³-hybridized carbons (Fsp3) is 0. The molecule has 0 amide bonds. The van der Waals surface area contributed by atoms with Gasteiger partial charge in [0.1, 0.15) is 0 Å². The van der Waals surface area contributed by atoms with Gasteiger partial charge in [-0.05, 0) is 85.9 Å². The zero-order valence-electron chi connectivity index (χ0n) is 26.9. The molecule has 4 nitrogen and oxygen atoms in total. The van der Waals surface area contributed by atoms with Crippen LogP contribution in [0.25, 0.3) is 77.3 Å². The minimum Gasteiger partial charge on any atom is -0.450 e. The second-order valence-corrected chi connectivity index (χ2v) is 12.6. The summed E-state index contributed by atoms with van der Waals surface area (Å²) in [6, 6.07) is 58.6. The maximum absolute atomic E-state index is 6.28. The van der Waals surface area contributed by atoms with Gasteiger partial charge in [-0.25, -0.2) is 9.97 Å². The van der Waals surface area contributed by atoms with Crippen molar-refractivity contribution in [1.29, 1.82) is 0 Å². The molecule has 1 aromatic heterocycles. The highest BCUT2D eigenvalue weighted by atomic mass is 16.6. The van der Waals surface area contributed by atoms with E-state index >= 15 is 0 Å². The first kappa shape index (κ1) is 28.3. The zero-order valence-corrected chi connectivity index (χ0v) is 26.9. The van der Waals surface area contributed by atoms with E-state index in [0.717, 1.165) is 33.6 Å². The van der Waals surface area contributed by atoms with E-state index in [0.29, 0.717) is 28.8 Å². The van der Waals surface area contributed by atoms with Gasteiger partial charge in [-0.3, -0.25) is 0 Å². The van der Waals surface area contributed by atoms with Crippen LogP contribution in [0.2, 0.25) is 0 Å². The number of aromatic nitrogens is 2. The maximum Gasteiger partial charge on any atom is 0.170 e. The molecular formula is C46H28N2O2. The Hall–Kier alpha value is -6.78. The minimum atomic E-state index is 0.652. The van der Waals surface area contributed by atoms with Gasteiger partial charge in [-0.1, -0.05) is 127 Å². The summed E-state index contributed by atoms with van der Waals surface area (Å²) in [6.07, 6.45) is 0. The summed E-state index contributed by atoms with van der Waals surface area (Å²) in [5.74, 6) is 3.38. The number of hydrogen-bond donors (Lipinski definition) is 0. The second-order valence-electron chi connectivity index (χ2n) is 12.6. The molecule has 0 spiro atoms. The average Bonchev–Trinajstić information content (AvgIpc) is 3.20. The van der Waals surface area contributed by atoms with Crippen molar-refractivity contribution in [3.8, 4) is 68.0 Å². The SMILES string of the molecule is c1ccc(-c2ccc(-c3cc(-c4ccc5c(c4)Oc4ccccc4O5)nc(-c4ccc5c6ccccc6c6ccccc6c5c4)n3)cc2)cc1. The molecule has 0 saturated carbocycles. The van der Waals surface area contributed by atoms with Crippen LogP contribution >= 0.6 is 0 Å². The quantitative estimate of drug-likeness (QED) is 0.180. The van der Waals surface area contributed by atoms with E-state index in [2.05, 4.69) is 121 Å². The largest absolute Gasteiger partial charge is 0.450 e. The summed E-state index contributed by atoms with van der Waals surface area (Å²) in [5, 5.41) is 7.33. The third kappa shape index (κ3) is 4.77. The van der Waals surface area contributed by atoms with Gasteiger partial charge in [-0.15, -0.1) is 0 Å². The normalized spacial score (nSPS) is 11.9. The van der Waals surface area contributed by atoms with Gasteiger partial charge in [0.05, 0.1) is 11.4 Å². The number of nitrogens with zero attached hydrogens (tertiary/aromatic N) is 2. The van der Waals surface area contributed by atoms with Gasteiger partial charge in [-0.2, -0.15) is 0 Å². The molecule has 4 heteroatoms. The molecule has 0 aliphatic carbocycles. The summed E-state index contributed by atoms with van der Waals surface area (Å²) in [7, 11) is 0. The van der Waals surface area contributed by atoms with Crippen LogP contribution in [-0.2, 0) is 0 Å². The Morgan fingerprint density at radius 3 is 1.42 bits per heavy atom. The maximum atomic E-state index is 6.28. The van der Waals surface area contributed by atoms with Gasteiger partial charge >= 0.3 is 0 Å². The lowest BCUT2D eigenvalue weighted by Gasteiger charge is -2.21. The number of benzene rings is 8. The molecule has 0 radical (unpaired) electrons. The van der Waals surface area contributed by atoms with Crippen LogP contribution < -0.4 is 9.47 Å². The predicted octanol–water partition coefficient (Wildman–Crippen LogP) is 12.5. The Balaban J connectivity index is 1.14. The highest BCUT2D eigenvalue weighted by Crippen LogP contribution is 2.46. The predicted molar refractivity (Wildman–Crippen MR) is 203 cm³/mol. The van der Waals surface area contributed by atoms with Gasteiger partial charge in [0.2, 0.25) is 0 Å². The van der Waals surface area contributed by atoms with Crippen LogP contribution in [0.3, 0.4) is 0 Å². The van der Waals surface area contributed by atoms with Crippen molar-refractivity contribution in [2.24, 2.45) is 0 Å². The molecule has 2 heterocycles. The van der Waals surface area contributed by atoms with Crippen LogP contribution in [0.1, 0.15) is 0 Å². The van der Waals surface area contributed by atoms with Crippen molar-refractivity contribution in [2.45, 2.75) is 0 Å². The second kappa shape index (κ2) is 11.4. The molecule has 0 atom stereocenters. The molecule has 0 bridgehead atoms. The Morgan fingerprint density at radius 1 is 0.280 bits per heavy atom. The van der Waals surface area contributed by atoms with Crippen LogP contribution in [0.15, 0.2) is 170 Å². The van der Waals surface area contributed by atoms with Gasteiger partial charge in [0, 0.05) is 16.7 Å². The number of rotatable bonds is 4. The molecule has 1 aliphatic rings. The molecule has 0 saturated heterocycles. The van der Waals surface area contributed by atoms with Crippen LogP contribution in [0.5, 0.6) is 23.0 Å². The molecule has 50 heavy (non-hydrogen) atoms. The molecule has 9 aromatic rings. The minimum absolute atomic E-state index is 0.652. The summed E-state index contributed by atoms with van der Waals surface area (Å²) >= 11 is 0. The van der Waals surface area contributed by atoms with Crippen molar-refractivity contribution in [3.63, 3.8) is 0 Å². The summed E-state index contributed by atoms with van der Waals surface area (Å²) < 4.78 is 12.4. The van der Waals surface area contributed by atoms with Gasteiger partial charge < -0.3 is 9.47 Å². The van der Waals surface area contributed by atoms with Crippen molar-refractivity contribution < 1.29 is 9.47 Å². The molecule has 10 rings (SSSR count). The standard InChI is InChI=1S/C46H28N2O2/c1-2-10-29(11-3-1)30-18-20-31(21-19-30)40-28-41(32-23-25-44-45(27-32)50-43-17-9-8-16-42(43)49-44)48-46(47-40)33-22-24-38-36-14-5-4-12-34(36)35-13-6-7-15-37(35)39(38)26-33/h1-28H. The van der Waals surface area contributed by atoms with E-state index in [1.165, 1.54) is 37.9 Å². The molecule has 0 fully saturated rings.